The van der Waals surface area contributed by atoms with Crippen molar-refractivity contribution in [3.63, 3.8) is 0 Å². The van der Waals surface area contributed by atoms with E-state index < -0.39 is 4.92 Å². The number of ether oxygens (including phenoxy) is 1. The van der Waals surface area contributed by atoms with E-state index >= 15 is 0 Å². The molecule has 0 saturated carbocycles. The molecule has 0 radical (unpaired) electrons. The summed E-state index contributed by atoms with van der Waals surface area (Å²) >= 11 is 0. The van der Waals surface area contributed by atoms with E-state index in [4.69, 9.17) is 4.74 Å². The van der Waals surface area contributed by atoms with Crippen LogP contribution in [-0.4, -0.2) is 28.1 Å². The first-order valence-corrected chi connectivity index (χ1v) is 5.70. The van der Waals surface area contributed by atoms with Gasteiger partial charge in [-0.2, -0.15) is 5.10 Å². The van der Waals surface area contributed by atoms with E-state index in [1.165, 1.54) is 25.3 Å². The number of nitro groups is 1. The lowest BCUT2D eigenvalue weighted by Crippen LogP contribution is -2.14. The van der Waals surface area contributed by atoms with Gasteiger partial charge in [0.25, 0.3) is 0 Å². The van der Waals surface area contributed by atoms with Gasteiger partial charge in [0.2, 0.25) is 5.91 Å². The zero-order valence-corrected chi connectivity index (χ0v) is 10.6. The fourth-order valence-corrected chi connectivity index (χ4v) is 1.67. The first kappa shape index (κ1) is 13.5. The minimum Gasteiger partial charge on any atom is -0.490 e. The minimum absolute atomic E-state index is 0.111. The zero-order valence-electron chi connectivity index (χ0n) is 10.6. The van der Waals surface area contributed by atoms with Gasteiger partial charge in [-0.3, -0.25) is 20.0 Å². The van der Waals surface area contributed by atoms with Gasteiger partial charge < -0.3 is 10.1 Å². The van der Waals surface area contributed by atoms with Gasteiger partial charge in [0.1, 0.15) is 0 Å². The maximum absolute atomic E-state index is 11.8. The summed E-state index contributed by atoms with van der Waals surface area (Å²) in [6, 6.07) is 5.90. The molecule has 0 aliphatic heterocycles. The minimum atomic E-state index is -0.566. The number of aromatic amines is 1. The van der Waals surface area contributed by atoms with Gasteiger partial charge in [-0.15, -0.1) is 0 Å². The number of nitrogens with one attached hydrogen (secondary N) is 2. The molecule has 0 spiro atoms. The highest BCUT2D eigenvalue weighted by atomic mass is 16.6. The molecule has 8 heteroatoms. The van der Waals surface area contributed by atoms with Crippen molar-refractivity contribution in [1.29, 1.82) is 0 Å². The number of benzene rings is 1. The number of rotatable bonds is 5. The number of anilines is 1. The third kappa shape index (κ3) is 3.10. The number of H-pyrrole nitrogens is 1. The van der Waals surface area contributed by atoms with Crippen molar-refractivity contribution < 1.29 is 14.5 Å². The van der Waals surface area contributed by atoms with E-state index in [0.717, 1.165) is 0 Å². The second-order valence-electron chi connectivity index (χ2n) is 3.95. The molecule has 8 nitrogen and oxygen atoms in total. The van der Waals surface area contributed by atoms with Gasteiger partial charge in [0.15, 0.2) is 5.75 Å². The van der Waals surface area contributed by atoms with Crippen LogP contribution in [-0.2, 0) is 11.2 Å². The van der Waals surface area contributed by atoms with Crippen molar-refractivity contribution in [3.8, 4) is 5.75 Å². The van der Waals surface area contributed by atoms with Crippen molar-refractivity contribution in [2.75, 3.05) is 12.4 Å². The standard InChI is InChI=1S/C12H12N4O4/c1-20-11-3-2-8(6-10(11)16(18)19)14-12(17)7-9-4-5-13-15-9/h2-6H,7H2,1H3,(H,13,15)(H,14,17). The van der Waals surface area contributed by atoms with Gasteiger partial charge in [-0.25, -0.2) is 0 Å². The van der Waals surface area contributed by atoms with Gasteiger partial charge >= 0.3 is 5.69 Å². The lowest BCUT2D eigenvalue weighted by molar-refractivity contribution is -0.385. The molecular formula is C12H12N4O4. The summed E-state index contributed by atoms with van der Waals surface area (Å²) in [6.07, 6.45) is 1.65. The number of amides is 1. The number of nitro benzene ring substituents is 1. The van der Waals surface area contributed by atoms with Crippen molar-refractivity contribution in [2.45, 2.75) is 6.42 Å². The lowest BCUT2D eigenvalue weighted by Gasteiger charge is -2.06. The summed E-state index contributed by atoms with van der Waals surface area (Å²) < 4.78 is 4.88. The van der Waals surface area contributed by atoms with Crippen LogP contribution in [0.5, 0.6) is 5.75 Å². The number of carbonyl (C=O) groups is 1. The molecule has 0 atom stereocenters. The highest BCUT2D eigenvalue weighted by Crippen LogP contribution is 2.29. The molecule has 1 amide bonds. The van der Waals surface area contributed by atoms with Crippen molar-refractivity contribution in [1.82, 2.24) is 10.2 Å². The molecule has 1 aromatic heterocycles. The first-order valence-electron chi connectivity index (χ1n) is 5.70. The molecule has 2 rings (SSSR count). The smallest absolute Gasteiger partial charge is 0.312 e. The first-order chi connectivity index (χ1) is 9.60. The monoisotopic (exact) mass is 276 g/mol. The topological polar surface area (TPSA) is 110 Å². The summed E-state index contributed by atoms with van der Waals surface area (Å²) in [6.45, 7) is 0. The summed E-state index contributed by atoms with van der Waals surface area (Å²) in [5, 5.41) is 19.8. The average Bonchev–Trinajstić information content (AvgIpc) is 2.91. The van der Waals surface area contributed by atoms with Crippen LogP contribution in [0.3, 0.4) is 0 Å². The molecular weight excluding hydrogens is 264 g/mol. The Morgan fingerprint density at radius 2 is 2.30 bits per heavy atom. The van der Waals surface area contributed by atoms with Crippen LogP contribution in [0.4, 0.5) is 11.4 Å². The van der Waals surface area contributed by atoms with Crippen LogP contribution in [0.2, 0.25) is 0 Å². The third-order valence-electron chi connectivity index (χ3n) is 2.57. The highest BCUT2D eigenvalue weighted by molar-refractivity contribution is 5.92. The van der Waals surface area contributed by atoms with Crippen molar-refractivity contribution >= 4 is 17.3 Å². The second-order valence-corrected chi connectivity index (χ2v) is 3.95. The third-order valence-corrected chi connectivity index (χ3v) is 2.57. The maximum Gasteiger partial charge on any atom is 0.312 e. The predicted octanol–water partition coefficient (Wildman–Crippen LogP) is 1.51. The van der Waals surface area contributed by atoms with E-state index in [9.17, 15) is 14.9 Å². The largest absolute Gasteiger partial charge is 0.490 e. The molecule has 0 bridgehead atoms. The summed E-state index contributed by atoms with van der Waals surface area (Å²) in [5.41, 5.74) is 0.791. The molecule has 2 aromatic rings. The van der Waals surface area contributed by atoms with Gasteiger partial charge in [-0.05, 0) is 18.2 Å². The number of aromatic nitrogens is 2. The van der Waals surface area contributed by atoms with E-state index in [-0.39, 0.29) is 23.8 Å². The molecule has 20 heavy (non-hydrogen) atoms. The fraction of sp³-hybridized carbons (Fsp3) is 0.167. The van der Waals surface area contributed by atoms with Crippen LogP contribution in [0.25, 0.3) is 0 Å². The Morgan fingerprint density at radius 1 is 1.50 bits per heavy atom. The Labute approximate surface area is 113 Å². The molecule has 1 heterocycles. The Kier molecular flexibility index (Phi) is 3.94. The highest BCUT2D eigenvalue weighted by Gasteiger charge is 2.16. The number of methoxy groups -OCH3 is 1. The molecule has 0 fully saturated rings. The Morgan fingerprint density at radius 3 is 2.90 bits per heavy atom. The number of hydrogen-bond acceptors (Lipinski definition) is 5. The summed E-state index contributed by atoms with van der Waals surface area (Å²) in [4.78, 5) is 22.1. The summed E-state index contributed by atoms with van der Waals surface area (Å²) in [7, 11) is 1.35. The molecule has 0 saturated heterocycles. The zero-order chi connectivity index (χ0) is 14.5. The van der Waals surface area contributed by atoms with Crippen LogP contribution in [0.15, 0.2) is 30.5 Å². The molecule has 1 aromatic carbocycles. The fourth-order valence-electron chi connectivity index (χ4n) is 1.67. The van der Waals surface area contributed by atoms with Crippen molar-refractivity contribution in [3.05, 3.63) is 46.3 Å². The Balaban J connectivity index is 2.11. The predicted molar refractivity (Wildman–Crippen MR) is 70.6 cm³/mol. The number of hydrogen-bond donors (Lipinski definition) is 2. The quantitative estimate of drug-likeness (QED) is 0.635. The molecule has 0 aliphatic rings. The van der Waals surface area contributed by atoms with Crippen LogP contribution in [0, 0.1) is 10.1 Å². The van der Waals surface area contributed by atoms with Gasteiger partial charge in [0.05, 0.1) is 18.5 Å². The van der Waals surface area contributed by atoms with Crippen LogP contribution >= 0.6 is 0 Å². The van der Waals surface area contributed by atoms with Crippen molar-refractivity contribution in [2.24, 2.45) is 0 Å². The molecule has 0 aliphatic carbocycles. The average molecular weight is 276 g/mol. The normalized spacial score (nSPS) is 10.1. The molecule has 2 N–H and O–H groups in total. The molecule has 0 unspecified atom stereocenters. The maximum atomic E-state index is 11.8. The Bertz CT molecular complexity index is 624. The van der Waals surface area contributed by atoms with E-state index in [0.29, 0.717) is 11.4 Å². The SMILES string of the molecule is COc1ccc(NC(=O)Cc2ccn[nH]2)cc1[N+](=O)[O-]. The summed E-state index contributed by atoms with van der Waals surface area (Å²) in [5.74, 6) is -0.157. The van der Waals surface area contributed by atoms with Gasteiger partial charge in [0, 0.05) is 23.6 Å². The number of nitrogens with zero attached hydrogens (tertiary/aromatic N) is 2. The molecule has 104 valence electrons. The Hall–Kier alpha value is -2.90. The van der Waals surface area contributed by atoms with E-state index in [1.807, 2.05) is 0 Å². The second kappa shape index (κ2) is 5.83. The lowest BCUT2D eigenvalue weighted by atomic mass is 10.2. The van der Waals surface area contributed by atoms with E-state index in [1.54, 1.807) is 12.3 Å². The van der Waals surface area contributed by atoms with Crippen LogP contribution < -0.4 is 10.1 Å². The van der Waals surface area contributed by atoms with Gasteiger partial charge in [-0.1, -0.05) is 0 Å². The number of carbonyl (C=O) groups excluding carboxylic acids is 1. The van der Waals surface area contributed by atoms with E-state index in [2.05, 4.69) is 15.5 Å². The van der Waals surface area contributed by atoms with Crippen LogP contribution in [0.1, 0.15) is 5.69 Å².